The molecular formula is C30H20N6. The standard InChI is InChI=1S/C30H20N6/c1-3-15-31-23(5-1)29-25-11-7-19(33-25)17-21-9-13-27(35-21)30(24-6-2-4-16-32-24)28-14-10-22(36-28)18-20-8-12-26(29)34-20/h1-18,33-34H. The SMILES string of the molecule is C1=Cc2nc1cc1ccc([nH]1)c(-c1ccccn1)c1ccc(cc3nc(c2-c2ccccn2)C=C3)[nH]1. The third-order valence-corrected chi connectivity index (χ3v) is 6.24. The molecule has 170 valence electrons. The van der Waals surface area contributed by atoms with Crippen LogP contribution in [0.25, 0.3) is 68.9 Å². The molecule has 2 N–H and O–H groups in total. The molecule has 2 aliphatic heterocycles. The zero-order valence-corrected chi connectivity index (χ0v) is 19.2. The third kappa shape index (κ3) is 3.61. The predicted molar refractivity (Wildman–Crippen MR) is 145 cm³/mol. The van der Waals surface area contributed by atoms with Crippen molar-refractivity contribution in [2.24, 2.45) is 0 Å². The Hall–Kier alpha value is -5.10. The molecule has 0 amide bonds. The van der Waals surface area contributed by atoms with E-state index < -0.39 is 0 Å². The maximum absolute atomic E-state index is 4.93. The van der Waals surface area contributed by atoms with Gasteiger partial charge in [-0.05, 0) is 85.0 Å². The van der Waals surface area contributed by atoms with Crippen molar-refractivity contribution < 1.29 is 0 Å². The van der Waals surface area contributed by atoms with Gasteiger partial charge in [0.15, 0.2) is 0 Å². The molecule has 0 aliphatic carbocycles. The lowest BCUT2D eigenvalue weighted by Crippen LogP contribution is -1.91. The fourth-order valence-corrected chi connectivity index (χ4v) is 4.63. The van der Waals surface area contributed by atoms with Crippen LogP contribution in [-0.2, 0) is 0 Å². The maximum Gasteiger partial charge on any atom is 0.0753 e. The van der Waals surface area contributed by atoms with E-state index in [4.69, 9.17) is 9.97 Å². The highest BCUT2D eigenvalue weighted by Gasteiger charge is 2.15. The third-order valence-electron chi connectivity index (χ3n) is 6.24. The van der Waals surface area contributed by atoms with Crippen molar-refractivity contribution >= 4 is 46.4 Å². The Bertz CT molecular complexity index is 1730. The highest BCUT2D eigenvalue weighted by Crippen LogP contribution is 2.31. The summed E-state index contributed by atoms with van der Waals surface area (Å²) in [5, 5.41) is 0. The van der Waals surface area contributed by atoms with Gasteiger partial charge in [-0.3, -0.25) is 9.97 Å². The molecule has 0 fully saturated rings. The number of nitrogens with zero attached hydrogens (tertiary/aromatic N) is 4. The van der Waals surface area contributed by atoms with E-state index in [-0.39, 0.29) is 0 Å². The Balaban J connectivity index is 1.58. The van der Waals surface area contributed by atoms with Crippen molar-refractivity contribution in [3.63, 3.8) is 0 Å². The molecule has 0 saturated heterocycles. The van der Waals surface area contributed by atoms with Gasteiger partial charge in [0.25, 0.3) is 0 Å². The number of fused-ring (bicyclic) bond motifs is 8. The van der Waals surface area contributed by atoms with E-state index in [9.17, 15) is 0 Å². The number of H-pyrrole nitrogens is 2. The van der Waals surface area contributed by atoms with E-state index in [0.717, 1.165) is 67.4 Å². The quantitative estimate of drug-likeness (QED) is 0.295. The van der Waals surface area contributed by atoms with Gasteiger partial charge in [-0.2, -0.15) is 0 Å². The van der Waals surface area contributed by atoms with Crippen LogP contribution in [0, 0.1) is 0 Å². The fraction of sp³-hybridized carbons (Fsp3) is 0. The molecule has 6 heteroatoms. The molecule has 36 heavy (non-hydrogen) atoms. The normalized spacial score (nSPS) is 12.2. The van der Waals surface area contributed by atoms with E-state index in [2.05, 4.69) is 44.2 Å². The Kier molecular flexibility index (Phi) is 4.67. The van der Waals surface area contributed by atoms with E-state index in [1.54, 1.807) is 6.20 Å². The molecule has 2 aliphatic rings. The number of hydrogen-bond donors (Lipinski definition) is 2. The Morgan fingerprint density at radius 2 is 1.03 bits per heavy atom. The van der Waals surface area contributed by atoms with Gasteiger partial charge in [-0.15, -0.1) is 0 Å². The molecule has 0 aromatic carbocycles. The first kappa shape index (κ1) is 20.3. The van der Waals surface area contributed by atoms with Gasteiger partial charge < -0.3 is 9.97 Å². The zero-order valence-electron chi connectivity index (χ0n) is 19.2. The minimum absolute atomic E-state index is 0.839. The Morgan fingerprint density at radius 1 is 0.500 bits per heavy atom. The first-order valence-electron chi connectivity index (χ1n) is 11.7. The molecule has 0 spiro atoms. The first-order chi connectivity index (χ1) is 17.8. The van der Waals surface area contributed by atoms with Gasteiger partial charge in [0, 0.05) is 29.0 Å². The number of pyridine rings is 2. The van der Waals surface area contributed by atoms with Crippen LogP contribution >= 0.6 is 0 Å². The smallest absolute Gasteiger partial charge is 0.0753 e. The van der Waals surface area contributed by atoms with E-state index >= 15 is 0 Å². The van der Waals surface area contributed by atoms with Crippen LogP contribution in [0.2, 0.25) is 0 Å². The van der Waals surface area contributed by atoms with Crippen molar-refractivity contribution in [1.29, 1.82) is 0 Å². The summed E-state index contributed by atoms with van der Waals surface area (Å²) in [6.07, 6.45) is 11.7. The topological polar surface area (TPSA) is 83.1 Å². The van der Waals surface area contributed by atoms with E-state index in [0.29, 0.717) is 0 Å². The van der Waals surface area contributed by atoms with Gasteiger partial charge in [0.1, 0.15) is 0 Å². The van der Waals surface area contributed by atoms with Crippen molar-refractivity contribution in [2.45, 2.75) is 0 Å². The molecule has 5 aromatic heterocycles. The summed E-state index contributed by atoms with van der Waals surface area (Å²) in [5.74, 6) is 0. The van der Waals surface area contributed by atoms with Crippen LogP contribution in [0.1, 0.15) is 22.8 Å². The van der Waals surface area contributed by atoms with Gasteiger partial charge in [0.05, 0.1) is 50.8 Å². The molecule has 0 atom stereocenters. The minimum Gasteiger partial charge on any atom is -0.355 e. The van der Waals surface area contributed by atoms with E-state index in [1.165, 1.54) is 0 Å². The number of rotatable bonds is 2. The zero-order chi connectivity index (χ0) is 23.9. The van der Waals surface area contributed by atoms with Crippen molar-refractivity contribution in [3.05, 3.63) is 108 Å². The second-order valence-corrected chi connectivity index (χ2v) is 8.63. The van der Waals surface area contributed by atoms with Crippen LogP contribution in [0.5, 0.6) is 0 Å². The highest BCUT2D eigenvalue weighted by atomic mass is 14.8. The minimum atomic E-state index is 0.839. The lowest BCUT2D eigenvalue weighted by Gasteiger charge is -2.03. The van der Waals surface area contributed by atoms with Gasteiger partial charge in [-0.25, -0.2) is 9.97 Å². The predicted octanol–water partition coefficient (Wildman–Crippen LogP) is 6.78. The highest BCUT2D eigenvalue weighted by molar-refractivity contribution is 5.93. The molecular weight excluding hydrogens is 444 g/mol. The number of hydrogen-bond acceptors (Lipinski definition) is 4. The fourth-order valence-electron chi connectivity index (χ4n) is 4.63. The van der Waals surface area contributed by atoms with Gasteiger partial charge in [-0.1, -0.05) is 12.1 Å². The van der Waals surface area contributed by atoms with Crippen LogP contribution in [0.3, 0.4) is 0 Å². The molecule has 7 heterocycles. The maximum atomic E-state index is 4.93. The van der Waals surface area contributed by atoms with Crippen molar-refractivity contribution in [3.8, 4) is 22.5 Å². The summed E-state index contributed by atoms with van der Waals surface area (Å²) in [5.41, 5.74) is 10.9. The van der Waals surface area contributed by atoms with Crippen LogP contribution in [-0.4, -0.2) is 29.9 Å². The molecule has 7 rings (SSSR count). The monoisotopic (exact) mass is 464 g/mol. The second-order valence-electron chi connectivity index (χ2n) is 8.63. The average molecular weight is 465 g/mol. The average Bonchev–Trinajstić information content (AvgIpc) is 3.72. The summed E-state index contributed by atoms with van der Waals surface area (Å²) in [6.45, 7) is 0. The molecule has 0 unspecified atom stereocenters. The number of nitrogens with one attached hydrogen (secondary N) is 2. The molecule has 0 saturated carbocycles. The van der Waals surface area contributed by atoms with Crippen LogP contribution in [0.4, 0.5) is 0 Å². The summed E-state index contributed by atoms with van der Waals surface area (Å²) < 4.78 is 0. The molecule has 5 aromatic rings. The Labute approximate surface area is 206 Å². The molecule has 8 bridgehead atoms. The van der Waals surface area contributed by atoms with Crippen LogP contribution < -0.4 is 0 Å². The summed E-state index contributed by atoms with van der Waals surface area (Å²) >= 11 is 0. The number of aromatic nitrogens is 6. The Morgan fingerprint density at radius 3 is 1.53 bits per heavy atom. The largest absolute Gasteiger partial charge is 0.355 e. The number of aromatic amines is 2. The second kappa shape index (κ2) is 8.29. The summed E-state index contributed by atoms with van der Waals surface area (Å²) in [4.78, 5) is 26.2. The summed E-state index contributed by atoms with van der Waals surface area (Å²) in [6, 6.07) is 24.2. The summed E-state index contributed by atoms with van der Waals surface area (Å²) in [7, 11) is 0. The molecule has 0 radical (unpaired) electrons. The lowest BCUT2D eigenvalue weighted by molar-refractivity contribution is 1.24. The first-order valence-corrected chi connectivity index (χ1v) is 11.7. The van der Waals surface area contributed by atoms with Crippen molar-refractivity contribution in [2.75, 3.05) is 0 Å². The van der Waals surface area contributed by atoms with E-state index in [1.807, 2.05) is 79.0 Å². The van der Waals surface area contributed by atoms with Crippen LogP contribution in [0.15, 0.2) is 85.2 Å². The van der Waals surface area contributed by atoms with Gasteiger partial charge in [0.2, 0.25) is 0 Å². The van der Waals surface area contributed by atoms with Gasteiger partial charge >= 0.3 is 0 Å². The van der Waals surface area contributed by atoms with Crippen molar-refractivity contribution in [1.82, 2.24) is 29.9 Å². The lowest BCUT2D eigenvalue weighted by atomic mass is 10.1. The molecule has 6 nitrogen and oxygen atoms in total.